The quantitative estimate of drug-likeness (QED) is 0.811. The van der Waals surface area contributed by atoms with E-state index < -0.39 is 11.9 Å². The normalized spacial score (nSPS) is 12.5. The van der Waals surface area contributed by atoms with Gasteiger partial charge < -0.3 is 5.11 Å². The van der Waals surface area contributed by atoms with E-state index in [0.717, 1.165) is 12.8 Å². The lowest BCUT2D eigenvalue weighted by atomic mass is 10.0. The average molecular weight is 210 g/mol. The van der Waals surface area contributed by atoms with Crippen molar-refractivity contribution in [2.24, 2.45) is 0 Å². The minimum Gasteiger partial charge on any atom is -0.381 e. The molecule has 0 heterocycles. The first kappa shape index (κ1) is 11.9. The number of carbonyl (C=O) groups excluding carboxylic acids is 1. The van der Waals surface area contributed by atoms with E-state index in [0.29, 0.717) is 12.0 Å². The molecular weight excluding hydrogens is 195 g/mol. The molecule has 0 radical (unpaired) electrons. The molecule has 3 heteroatoms. The second kappa shape index (κ2) is 5.61. The van der Waals surface area contributed by atoms with Crippen LogP contribution in [0.5, 0.6) is 0 Å². The van der Waals surface area contributed by atoms with Crippen LogP contribution in [-0.4, -0.2) is 10.9 Å². The molecule has 0 aliphatic rings. The molecule has 15 heavy (non-hydrogen) atoms. The molecule has 1 aromatic rings. The van der Waals surface area contributed by atoms with E-state index in [9.17, 15) is 14.3 Å². The Morgan fingerprint density at radius 3 is 2.87 bits per heavy atom. The second-order valence-corrected chi connectivity index (χ2v) is 3.53. The zero-order chi connectivity index (χ0) is 11.3. The van der Waals surface area contributed by atoms with Crippen LogP contribution in [0.3, 0.4) is 0 Å². The van der Waals surface area contributed by atoms with Gasteiger partial charge in [0.2, 0.25) is 0 Å². The molecule has 2 nitrogen and oxygen atoms in total. The molecule has 0 aliphatic heterocycles. The zero-order valence-corrected chi connectivity index (χ0v) is 8.74. The molecule has 1 unspecified atom stereocenters. The van der Waals surface area contributed by atoms with E-state index in [1.165, 1.54) is 18.2 Å². The highest BCUT2D eigenvalue weighted by Crippen LogP contribution is 2.17. The number of Topliss-reactive ketones (excluding diaryl/α,β-unsaturated/α-hetero) is 1. The van der Waals surface area contributed by atoms with Crippen LogP contribution < -0.4 is 0 Å². The van der Waals surface area contributed by atoms with Crippen molar-refractivity contribution < 1.29 is 14.3 Å². The van der Waals surface area contributed by atoms with Gasteiger partial charge in [0.1, 0.15) is 11.9 Å². The third-order valence-electron chi connectivity index (χ3n) is 2.25. The Hall–Kier alpha value is -1.22. The summed E-state index contributed by atoms with van der Waals surface area (Å²) >= 11 is 0. The molecule has 0 aliphatic carbocycles. The van der Waals surface area contributed by atoms with Crippen molar-refractivity contribution in [2.75, 3.05) is 0 Å². The van der Waals surface area contributed by atoms with Crippen molar-refractivity contribution in [1.82, 2.24) is 0 Å². The predicted octanol–water partition coefficient (Wildman–Crippen LogP) is 2.62. The Morgan fingerprint density at radius 1 is 1.53 bits per heavy atom. The molecular formula is C12H15FO2. The van der Waals surface area contributed by atoms with E-state index >= 15 is 0 Å². The summed E-state index contributed by atoms with van der Waals surface area (Å²) in [5.41, 5.74) is 0.330. The van der Waals surface area contributed by atoms with Gasteiger partial charge in [0, 0.05) is 6.42 Å². The predicted molar refractivity (Wildman–Crippen MR) is 55.9 cm³/mol. The first-order valence-electron chi connectivity index (χ1n) is 5.11. The summed E-state index contributed by atoms with van der Waals surface area (Å²) in [4.78, 5) is 11.4. The third kappa shape index (κ3) is 3.44. The minimum atomic E-state index is -1.19. The molecule has 1 atom stereocenters. The molecule has 0 amide bonds. The number of rotatable bonds is 5. The van der Waals surface area contributed by atoms with Gasteiger partial charge in [-0.3, -0.25) is 4.79 Å². The Morgan fingerprint density at radius 2 is 2.27 bits per heavy atom. The largest absolute Gasteiger partial charge is 0.381 e. The average Bonchev–Trinajstić information content (AvgIpc) is 2.24. The number of unbranched alkanes of at least 4 members (excludes halogenated alkanes) is 1. The fourth-order valence-electron chi connectivity index (χ4n) is 1.35. The Balaban J connectivity index is 2.67. The van der Waals surface area contributed by atoms with Crippen molar-refractivity contribution in [3.05, 3.63) is 35.6 Å². The first-order valence-corrected chi connectivity index (χ1v) is 5.11. The van der Waals surface area contributed by atoms with E-state index in [4.69, 9.17) is 0 Å². The van der Waals surface area contributed by atoms with Crippen molar-refractivity contribution in [1.29, 1.82) is 0 Å². The smallest absolute Gasteiger partial charge is 0.165 e. The molecule has 1 rings (SSSR count). The Labute approximate surface area is 88.7 Å². The van der Waals surface area contributed by atoms with Gasteiger partial charge in [0.05, 0.1) is 0 Å². The molecule has 82 valence electrons. The van der Waals surface area contributed by atoms with Crippen molar-refractivity contribution in [3.63, 3.8) is 0 Å². The van der Waals surface area contributed by atoms with Gasteiger partial charge in [-0.05, 0) is 24.1 Å². The number of aliphatic hydroxyl groups is 1. The fraction of sp³-hybridized carbons (Fsp3) is 0.417. The number of hydrogen-bond acceptors (Lipinski definition) is 2. The lowest BCUT2D eigenvalue weighted by Gasteiger charge is -2.09. The van der Waals surface area contributed by atoms with Gasteiger partial charge in [0.25, 0.3) is 0 Å². The van der Waals surface area contributed by atoms with Crippen LogP contribution in [0.1, 0.15) is 37.9 Å². The Kier molecular flexibility index (Phi) is 4.43. The van der Waals surface area contributed by atoms with Crippen LogP contribution in [0.2, 0.25) is 0 Å². The Bertz CT molecular complexity index is 336. The molecule has 0 spiro atoms. The third-order valence-corrected chi connectivity index (χ3v) is 2.25. The summed E-state index contributed by atoms with van der Waals surface area (Å²) < 4.78 is 12.8. The lowest BCUT2D eigenvalue weighted by Crippen LogP contribution is -2.11. The van der Waals surface area contributed by atoms with E-state index in [-0.39, 0.29) is 5.78 Å². The maximum absolute atomic E-state index is 12.8. The number of aliphatic hydroxyl groups excluding tert-OH is 1. The summed E-state index contributed by atoms with van der Waals surface area (Å²) in [5, 5.41) is 9.62. The molecule has 0 saturated carbocycles. The van der Waals surface area contributed by atoms with E-state index in [1.54, 1.807) is 6.07 Å². The van der Waals surface area contributed by atoms with Gasteiger partial charge in [-0.25, -0.2) is 4.39 Å². The van der Waals surface area contributed by atoms with Gasteiger partial charge in [-0.2, -0.15) is 0 Å². The van der Waals surface area contributed by atoms with Crippen LogP contribution in [0.25, 0.3) is 0 Å². The number of ketones is 1. The van der Waals surface area contributed by atoms with Crippen LogP contribution in [-0.2, 0) is 4.79 Å². The topological polar surface area (TPSA) is 37.3 Å². The summed E-state index contributed by atoms with van der Waals surface area (Å²) in [6.07, 6.45) is 0.813. The van der Waals surface area contributed by atoms with Gasteiger partial charge in [-0.1, -0.05) is 25.5 Å². The number of carbonyl (C=O) groups is 1. The fourth-order valence-corrected chi connectivity index (χ4v) is 1.35. The molecule has 0 saturated heterocycles. The number of hydrogen-bond donors (Lipinski definition) is 1. The van der Waals surface area contributed by atoms with Gasteiger partial charge in [-0.15, -0.1) is 0 Å². The lowest BCUT2D eigenvalue weighted by molar-refractivity contribution is -0.127. The highest BCUT2D eigenvalue weighted by molar-refractivity contribution is 5.84. The summed E-state index contributed by atoms with van der Waals surface area (Å²) in [6, 6.07) is 5.51. The number of benzene rings is 1. The highest BCUT2D eigenvalue weighted by Gasteiger charge is 2.16. The van der Waals surface area contributed by atoms with Crippen molar-refractivity contribution >= 4 is 5.78 Å². The van der Waals surface area contributed by atoms with E-state index in [1.807, 2.05) is 6.92 Å². The summed E-state index contributed by atoms with van der Waals surface area (Å²) in [5.74, 6) is -0.683. The molecule has 0 bridgehead atoms. The monoisotopic (exact) mass is 210 g/mol. The van der Waals surface area contributed by atoms with Crippen molar-refractivity contribution in [3.8, 4) is 0 Å². The SMILES string of the molecule is CCCCC(=O)C(O)c1cccc(F)c1. The summed E-state index contributed by atoms with van der Waals surface area (Å²) in [6.45, 7) is 1.97. The first-order chi connectivity index (χ1) is 7.15. The maximum Gasteiger partial charge on any atom is 0.165 e. The number of halogens is 1. The van der Waals surface area contributed by atoms with Crippen molar-refractivity contribution in [2.45, 2.75) is 32.3 Å². The van der Waals surface area contributed by atoms with Gasteiger partial charge in [0.15, 0.2) is 5.78 Å². The van der Waals surface area contributed by atoms with Crippen LogP contribution in [0, 0.1) is 5.82 Å². The zero-order valence-electron chi connectivity index (χ0n) is 8.74. The molecule has 1 aromatic carbocycles. The summed E-state index contributed by atoms with van der Waals surface area (Å²) in [7, 11) is 0. The second-order valence-electron chi connectivity index (χ2n) is 3.53. The highest BCUT2D eigenvalue weighted by atomic mass is 19.1. The standard InChI is InChI=1S/C12H15FO2/c1-2-3-7-11(14)12(15)9-5-4-6-10(13)8-9/h4-6,8,12,15H,2-3,7H2,1H3. The maximum atomic E-state index is 12.8. The van der Waals surface area contributed by atoms with Gasteiger partial charge >= 0.3 is 0 Å². The molecule has 1 N–H and O–H groups in total. The molecule has 0 fully saturated rings. The van der Waals surface area contributed by atoms with E-state index in [2.05, 4.69) is 0 Å². The molecule has 0 aromatic heterocycles. The minimum absolute atomic E-state index is 0.248. The van der Waals surface area contributed by atoms with Crippen LogP contribution in [0.15, 0.2) is 24.3 Å². The van der Waals surface area contributed by atoms with Crippen LogP contribution >= 0.6 is 0 Å². The van der Waals surface area contributed by atoms with Crippen LogP contribution in [0.4, 0.5) is 4.39 Å².